The Morgan fingerprint density at radius 1 is 1.58 bits per heavy atom. The number of nitrogens with zero attached hydrogens (tertiary/aromatic N) is 3. The maximum Gasteiger partial charge on any atom is 0.225 e. The van der Waals surface area contributed by atoms with Crippen LogP contribution in [0.2, 0.25) is 0 Å². The normalized spacial score (nSPS) is 16.5. The van der Waals surface area contributed by atoms with Crippen molar-refractivity contribution in [3.05, 3.63) is 4.77 Å². The molecular formula is C7H12N4S. The van der Waals surface area contributed by atoms with Crippen molar-refractivity contribution in [2.45, 2.75) is 18.9 Å². The fourth-order valence-corrected chi connectivity index (χ4v) is 1.55. The summed E-state index contributed by atoms with van der Waals surface area (Å²) in [5, 5.41) is 6.96. The molecule has 0 amide bonds. The largest absolute Gasteiger partial charge is 0.347 e. The monoisotopic (exact) mass is 184 g/mol. The van der Waals surface area contributed by atoms with Crippen LogP contribution in [0.25, 0.3) is 0 Å². The summed E-state index contributed by atoms with van der Waals surface area (Å²) in [6.45, 7) is 0. The van der Waals surface area contributed by atoms with E-state index in [1.807, 2.05) is 19.0 Å². The van der Waals surface area contributed by atoms with E-state index in [2.05, 4.69) is 14.8 Å². The second-order valence-corrected chi connectivity index (χ2v) is 3.71. The minimum Gasteiger partial charge on any atom is -0.347 e. The lowest BCUT2D eigenvalue weighted by Gasteiger charge is -2.11. The molecule has 1 heterocycles. The van der Waals surface area contributed by atoms with Crippen molar-refractivity contribution in [2.24, 2.45) is 0 Å². The van der Waals surface area contributed by atoms with Gasteiger partial charge in [-0.25, -0.2) is 5.10 Å². The fraction of sp³-hybridized carbons (Fsp3) is 0.714. The summed E-state index contributed by atoms with van der Waals surface area (Å²) < 4.78 is 2.83. The summed E-state index contributed by atoms with van der Waals surface area (Å²) in [6, 6.07) is 0.591. The molecule has 0 aromatic carbocycles. The van der Waals surface area contributed by atoms with Gasteiger partial charge in [0.2, 0.25) is 5.95 Å². The molecule has 0 spiro atoms. The Kier molecular flexibility index (Phi) is 1.68. The van der Waals surface area contributed by atoms with Crippen LogP contribution in [0.1, 0.15) is 18.9 Å². The van der Waals surface area contributed by atoms with E-state index in [0.717, 1.165) is 10.7 Å². The van der Waals surface area contributed by atoms with E-state index in [1.54, 1.807) is 0 Å². The van der Waals surface area contributed by atoms with E-state index in [1.165, 1.54) is 12.8 Å². The highest BCUT2D eigenvalue weighted by Crippen LogP contribution is 2.37. The number of aromatic amines is 1. The summed E-state index contributed by atoms with van der Waals surface area (Å²) in [4.78, 5) is 1.98. The van der Waals surface area contributed by atoms with Crippen LogP contribution in [-0.2, 0) is 0 Å². The van der Waals surface area contributed by atoms with E-state index >= 15 is 0 Å². The van der Waals surface area contributed by atoms with Crippen molar-refractivity contribution < 1.29 is 0 Å². The highest BCUT2D eigenvalue weighted by molar-refractivity contribution is 7.71. The zero-order valence-corrected chi connectivity index (χ0v) is 8.06. The molecule has 0 atom stereocenters. The van der Waals surface area contributed by atoms with Crippen LogP contribution in [0.15, 0.2) is 0 Å². The van der Waals surface area contributed by atoms with Crippen LogP contribution in [0.4, 0.5) is 5.95 Å². The molecule has 2 rings (SSSR count). The molecule has 1 aromatic heterocycles. The van der Waals surface area contributed by atoms with E-state index in [-0.39, 0.29) is 0 Å². The first-order valence-corrected chi connectivity index (χ1v) is 4.45. The van der Waals surface area contributed by atoms with Gasteiger partial charge in [-0.3, -0.25) is 4.57 Å². The van der Waals surface area contributed by atoms with Crippen molar-refractivity contribution in [3.8, 4) is 0 Å². The summed E-state index contributed by atoms with van der Waals surface area (Å²) >= 11 is 5.13. The van der Waals surface area contributed by atoms with Crippen molar-refractivity contribution in [1.82, 2.24) is 14.8 Å². The molecule has 0 bridgehead atoms. The highest BCUT2D eigenvalue weighted by Gasteiger charge is 2.27. The predicted octanol–water partition coefficient (Wildman–Crippen LogP) is 1.34. The topological polar surface area (TPSA) is 36.9 Å². The summed E-state index contributed by atoms with van der Waals surface area (Å²) in [7, 11) is 3.95. The third-order valence-corrected chi connectivity index (χ3v) is 2.29. The number of hydrogen-bond donors (Lipinski definition) is 1. The SMILES string of the molecule is CN(C)c1n[nH]c(=S)n1C1CC1. The summed E-state index contributed by atoms with van der Waals surface area (Å²) in [6.07, 6.45) is 2.46. The van der Waals surface area contributed by atoms with Gasteiger partial charge in [0.25, 0.3) is 0 Å². The molecule has 4 nitrogen and oxygen atoms in total. The third-order valence-electron chi connectivity index (χ3n) is 2.00. The van der Waals surface area contributed by atoms with Crippen LogP contribution < -0.4 is 4.90 Å². The van der Waals surface area contributed by atoms with Gasteiger partial charge in [-0.2, -0.15) is 0 Å². The van der Waals surface area contributed by atoms with Crippen molar-refractivity contribution in [2.75, 3.05) is 19.0 Å². The molecule has 0 radical (unpaired) electrons. The number of H-pyrrole nitrogens is 1. The van der Waals surface area contributed by atoms with Gasteiger partial charge >= 0.3 is 0 Å². The quantitative estimate of drug-likeness (QED) is 0.705. The Labute approximate surface area is 76.2 Å². The van der Waals surface area contributed by atoms with E-state index in [9.17, 15) is 0 Å². The van der Waals surface area contributed by atoms with E-state index < -0.39 is 0 Å². The van der Waals surface area contributed by atoms with Crippen LogP contribution in [0.3, 0.4) is 0 Å². The maximum atomic E-state index is 5.13. The lowest BCUT2D eigenvalue weighted by Crippen LogP contribution is -2.14. The number of aromatic nitrogens is 3. The molecule has 0 aliphatic heterocycles. The van der Waals surface area contributed by atoms with Crippen LogP contribution in [0.5, 0.6) is 0 Å². The number of nitrogens with one attached hydrogen (secondary N) is 1. The van der Waals surface area contributed by atoms with E-state index in [0.29, 0.717) is 6.04 Å². The molecule has 1 N–H and O–H groups in total. The Balaban J connectivity index is 2.46. The second-order valence-electron chi connectivity index (χ2n) is 3.32. The van der Waals surface area contributed by atoms with Crippen LogP contribution in [-0.4, -0.2) is 28.9 Å². The Morgan fingerprint density at radius 2 is 2.25 bits per heavy atom. The molecule has 1 fully saturated rings. The predicted molar refractivity (Wildman–Crippen MR) is 50.0 cm³/mol. The molecule has 0 unspecified atom stereocenters. The first-order chi connectivity index (χ1) is 5.70. The first-order valence-electron chi connectivity index (χ1n) is 4.04. The average molecular weight is 184 g/mol. The molecule has 1 aliphatic rings. The molecule has 1 saturated carbocycles. The molecule has 5 heteroatoms. The molecule has 0 saturated heterocycles. The number of rotatable bonds is 2. The molecule has 1 aromatic rings. The maximum absolute atomic E-state index is 5.13. The van der Waals surface area contributed by atoms with Crippen LogP contribution in [0, 0.1) is 4.77 Å². The fourth-order valence-electron chi connectivity index (χ4n) is 1.27. The van der Waals surface area contributed by atoms with Crippen molar-refractivity contribution >= 4 is 18.2 Å². The molecular weight excluding hydrogens is 172 g/mol. The zero-order chi connectivity index (χ0) is 8.72. The minimum atomic E-state index is 0.591. The van der Waals surface area contributed by atoms with Gasteiger partial charge in [0.1, 0.15) is 0 Å². The van der Waals surface area contributed by atoms with Gasteiger partial charge in [-0.05, 0) is 25.1 Å². The highest BCUT2D eigenvalue weighted by atomic mass is 32.1. The van der Waals surface area contributed by atoms with Crippen molar-refractivity contribution in [3.63, 3.8) is 0 Å². The average Bonchev–Trinajstić information content (AvgIpc) is 2.75. The smallest absolute Gasteiger partial charge is 0.225 e. The van der Waals surface area contributed by atoms with Crippen LogP contribution >= 0.6 is 12.2 Å². The molecule has 66 valence electrons. The molecule has 12 heavy (non-hydrogen) atoms. The van der Waals surface area contributed by atoms with Gasteiger partial charge < -0.3 is 4.90 Å². The summed E-state index contributed by atoms with van der Waals surface area (Å²) in [5.41, 5.74) is 0. The summed E-state index contributed by atoms with van der Waals surface area (Å²) in [5.74, 6) is 0.933. The van der Waals surface area contributed by atoms with Gasteiger partial charge in [0.15, 0.2) is 4.77 Å². The lowest BCUT2D eigenvalue weighted by molar-refractivity contribution is 0.717. The third kappa shape index (κ3) is 1.14. The van der Waals surface area contributed by atoms with E-state index in [4.69, 9.17) is 12.2 Å². The van der Waals surface area contributed by atoms with Crippen molar-refractivity contribution in [1.29, 1.82) is 0 Å². The molecule has 1 aliphatic carbocycles. The number of anilines is 1. The Hall–Kier alpha value is -0.840. The minimum absolute atomic E-state index is 0.591. The van der Waals surface area contributed by atoms with Gasteiger partial charge in [0, 0.05) is 20.1 Å². The zero-order valence-electron chi connectivity index (χ0n) is 7.24. The van der Waals surface area contributed by atoms with Gasteiger partial charge in [0.05, 0.1) is 0 Å². The standard InChI is InChI=1S/C7H12N4S/c1-10(2)6-8-9-7(12)11(6)5-3-4-5/h5H,3-4H2,1-2H3,(H,9,12). The van der Waals surface area contributed by atoms with Gasteiger partial charge in [-0.15, -0.1) is 5.10 Å². The van der Waals surface area contributed by atoms with Gasteiger partial charge in [-0.1, -0.05) is 0 Å². The second kappa shape index (κ2) is 2.58. The first kappa shape index (κ1) is 7.79. The lowest BCUT2D eigenvalue weighted by atomic mass is 10.6. The Bertz CT molecular complexity index is 333. The Morgan fingerprint density at radius 3 is 2.75 bits per heavy atom. The number of hydrogen-bond acceptors (Lipinski definition) is 3.